The Balaban J connectivity index is 1.82. The number of hydrogen-bond acceptors (Lipinski definition) is 5. The van der Waals surface area contributed by atoms with Crippen LogP contribution in [0.2, 0.25) is 0 Å². The van der Waals surface area contributed by atoms with E-state index >= 15 is 0 Å². The fourth-order valence-electron chi connectivity index (χ4n) is 1.95. The minimum atomic E-state index is -0.549. The summed E-state index contributed by atoms with van der Waals surface area (Å²) in [4.78, 5) is 23.0. The van der Waals surface area contributed by atoms with Crippen LogP contribution in [0.4, 0.5) is 10.5 Å². The van der Waals surface area contributed by atoms with E-state index in [1.807, 2.05) is 30.3 Å². The summed E-state index contributed by atoms with van der Waals surface area (Å²) in [5, 5.41) is 2.53. The molecule has 0 aliphatic rings. The van der Waals surface area contributed by atoms with E-state index in [1.54, 1.807) is 12.1 Å². The lowest BCUT2D eigenvalue weighted by Crippen LogP contribution is -2.24. The fraction of sp³-hybridized carbons (Fsp3) is 0.158. The number of alkyl carbamates (subject to hydrolysis) is 1. The zero-order valence-corrected chi connectivity index (χ0v) is 13.7. The van der Waals surface area contributed by atoms with Crippen LogP contribution in [0, 0.1) is 11.8 Å². The highest BCUT2D eigenvalue weighted by Gasteiger charge is 2.06. The summed E-state index contributed by atoms with van der Waals surface area (Å²) in [6.07, 6.45) is -0.549. The molecule has 0 atom stereocenters. The SMILES string of the molecule is COC(=O)c1ccc(C#CCNC(=O)OCc2ccccc2)c(N)c1. The molecule has 0 spiro atoms. The Morgan fingerprint density at radius 3 is 2.60 bits per heavy atom. The van der Waals surface area contributed by atoms with E-state index in [1.165, 1.54) is 13.2 Å². The molecule has 0 heterocycles. The Kier molecular flexibility index (Phi) is 6.43. The number of carbonyl (C=O) groups is 2. The van der Waals surface area contributed by atoms with Gasteiger partial charge < -0.3 is 20.5 Å². The summed E-state index contributed by atoms with van der Waals surface area (Å²) < 4.78 is 9.68. The number of nitrogens with one attached hydrogen (secondary N) is 1. The summed E-state index contributed by atoms with van der Waals surface area (Å²) in [5.41, 5.74) is 8.03. The lowest BCUT2D eigenvalue weighted by Gasteiger charge is -2.04. The molecule has 2 aromatic carbocycles. The second-order valence-corrected chi connectivity index (χ2v) is 5.01. The van der Waals surface area contributed by atoms with Crippen molar-refractivity contribution in [2.45, 2.75) is 6.61 Å². The summed E-state index contributed by atoms with van der Waals surface area (Å²) in [6, 6.07) is 14.1. The van der Waals surface area contributed by atoms with Crippen molar-refractivity contribution in [3.63, 3.8) is 0 Å². The molecular weight excluding hydrogens is 320 g/mol. The quantitative estimate of drug-likeness (QED) is 0.507. The van der Waals surface area contributed by atoms with Crippen molar-refractivity contribution in [2.75, 3.05) is 19.4 Å². The molecule has 128 valence electrons. The molecule has 0 aliphatic heterocycles. The molecule has 3 N–H and O–H groups in total. The minimum absolute atomic E-state index is 0.117. The number of rotatable bonds is 4. The summed E-state index contributed by atoms with van der Waals surface area (Å²) >= 11 is 0. The first-order valence-electron chi connectivity index (χ1n) is 7.51. The van der Waals surface area contributed by atoms with E-state index in [2.05, 4.69) is 21.9 Å². The molecule has 2 aromatic rings. The number of nitrogen functional groups attached to an aromatic ring is 1. The predicted molar refractivity (Wildman–Crippen MR) is 93.7 cm³/mol. The van der Waals surface area contributed by atoms with Crippen LogP contribution in [-0.2, 0) is 16.1 Å². The summed E-state index contributed by atoms with van der Waals surface area (Å²) in [5.74, 6) is 5.14. The van der Waals surface area contributed by atoms with Gasteiger partial charge in [-0.1, -0.05) is 42.2 Å². The van der Waals surface area contributed by atoms with Gasteiger partial charge in [0.25, 0.3) is 0 Å². The van der Waals surface area contributed by atoms with E-state index in [4.69, 9.17) is 10.5 Å². The second-order valence-electron chi connectivity index (χ2n) is 5.01. The zero-order chi connectivity index (χ0) is 18.1. The molecule has 0 bridgehead atoms. The van der Waals surface area contributed by atoms with E-state index in [-0.39, 0.29) is 13.2 Å². The van der Waals surface area contributed by atoms with Crippen molar-refractivity contribution in [1.29, 1.82) is 0 Å². The molecule has 1 amide bonds. The molecule has 6 heteroatoms. The minimum Gasteiger partial charge on any atom is -0.465 e. The molecule has 25 heavy (non-hydrogen) atoms. The van der Waals surface area contributed by atoms with Crippen LogP contribution in [0.5, 0.6) is 0 Å². The van der Waals surface area contributed by atoms with Crippen LogP contribution in [0.1, 0.15) is 21.5 Å². The molecule has 0 radical (unpaired) electrons. The van der Waals surface area contributed by atoms with Gasteiger partial charge in [-0.3, -0.25) is 0 Å². The topological polar surface area (TPSA) is 90.6 Å². The highest BCUT2D eigenvalue weighted by atomic mass is 16.5. The number of methoxy groups -OCH3 is 1. The Hall–Kier alpha value is -3.46. The molecule has 0 aliphatic carbocycles. The number of carbonyl (C=O) groups excluding carboxylic acids is 2. The number of esters is 1. The maximum atomic E-state index is 11.6. The third-order valence-corrected chi connectivity index (χ3v) is 3.23. The van der Waals surface area contributed by atoms with Crippen LogP contribution in [0.25, 0.3) is 0 Å². The van der Waals surface area contributed by atoms with Gasteiger partial charge in [0.05, 0.1) is 19.2 Å². The number of ether oxygens (including phenoxy) is 2. The summed E-state index contributed by atoms with van der Waals surface area (Å²) in [6.45, 7) is 0.313. The number of amides is 1. The summed E-state index contributed by atoms with van der Waals surface area (Å²) in [7, 11) is 1.30. The maximum Gasteiger partial charge on any atom is 0.408 e. The van der Waals surface area contributed by atoms with Gasteiger partial charge in [-0.05, 0) is 23.8 Å². The third-order valence-electron chi connectivity index (χ3n) is 3.23. The van der Waals surface area contributed by atoms with E-state index in [0.29, 0.717) is 16.8 Å². The Morgan fingerprint density at radius 1 is 1.16 bits per heavy atom. The van der Waals surface area contributed by atoms with Crippen LogP contribution in [0.15, 0.2) is 48.5 Å². The van der Waals surface area contributed by atoms with Crippen molar-refractivity contribution < 1.29 is 19.1 Å². The van der Waals surface area contributed by atoms with Gasteiger partial charge >= 0.3 is 12.1 Å². The Bertz CT molecular complexity index is 807. The average Bonchev–Trinajstić information content (AvgIpc) is 2.64. The zero-order valence-electron chi connectivity index (χ0n) is 13.7. The standard InChI is InChI=1S/C19H18N2O4/c1-24-18(22)16-10-9-15(17(20)12-16)8-5-11-21-19(23)25-13-14-6-3-2-4-7-14/h2-4,6-7,9-10,12H,11,13,20H2,1H3,(H,21,23). The first-order chi connectivity index (χ1) is 12.1. The first kappa shape index (κ1) is 17.9. The monoisotopic (exact) mass is 338 g/mol. The van der Waals surface area contributed by atoms with Crippen LogP contribution in [0.3, 0.4) is 0 Å². The van der Waals surface area contributed by atoms with Crippen LogP contribution in [-0.4, -0.2) is 25.7 Å². The first-order valence-corrected chi connectivity index (χ1v) is 7.51. The normalized spacial score (nSPS) is 9.48. The van der Waals surface area contributed by atoms with Crippen molar-refractivity contribution in [1.82, 2.24) is 5.32 Å². The lowest BCUT2D eigenvalue weighted by molar-refractivity contribution is 0.0600. The fourth-order valence-corrected chi connectivity index (χ4v) is 1.95. The van der Waals surface area contributed by atoms with Gasteiger partial charge in [-0.2, -0.15) is 0 Å². The molecule has 6 nitrogen and oxygen atoms in total. The van der Waals surface area contributed by atoms with E-state index in [0.717, 1.165) is 5.56 Å². The van der Waals surface area contributed by atoms with Gasteiger partial charge in [-0.15, -0.1) is 0 Å². The smallest absolute Gasteiger partial charge is 0.408 e. The second kappa shape index (κ2) is 8.99. The molecule has 0 saturated carbocycles. The largest absolute Gasteiger partial charge is 0.465 e. The van der Waals surface area contributed by atoms with Gasteiger partial charge in [0.15, 0.2) is 0 Å². The Morgan fingerprint density at radius 2 is 1.92 bits per heavy atom. The third kappa shape index (κ3) is 5.59. The number of anilines is 1. The van der Waals surface area contributed by atoms with E-state index < -0.39 is 12.1 Å². The van der Waals surface area contributed by atoms with Gasteiger partial charge in [0.1, 0.15) is 6.61 Å². The highest BCUT2D eigenvalue weighted by Crippen LogP contribution is 2.13. The molecule has 0 aromatic heterocycles. The van der Waals surface area contributed by atoms with Crippen LogP contribution < -0.4 is 11.1 Å². The molecule has 0 saturated heterocycles. The average molecular weight is 338 g/mol. The van der Waals surface area contributed by atoms with Crippen molar-refractivity contribution in [2.24, 2.45) is 0 Å². The van der Waals surface area contributed by atoms with Crippen molar-refractivity contribution >= 4 is 17.7 Å². The maximum absolute atomic E-state index is 11.6. The van der Waals surface area contributed by atoms with Crippen molar-refractivity contribution in [3.05, 3.63) is 65.2 Å². The van der Waals surface area contributed by atoms with Gasteiger partial charge in [0, 0.05) is 11.3 Å². The van der Waals surface area contributed by atoms with Crippen LogP contribution >= 0.6 is 0 Å². The molecular formula is C19H18N2O4. The highest BCUT2D eigenvalue weighted by molar-refractivity contribution is 5.90. The number of nitrogens with two attached hydrogens (primary N) is 1. The predicted octanol–water partition coefficient (Wildman–Crippen LogP) is 2.33. The van der Waals surface area contributed by atoms with Gasteiger partial charge in [-0.25, -0.2) is 9.59 Å². The number of hydrogen-bond donors (Lipinski definition) is 2. The lowest BCUT2D eigenvalue weighted by atomic mass is 10.1. The van der Waals surface area contributed by atoms with Gasteiger partial charge in [0.2, 0.25) is 0 Å². The van der Waals surface area contributed by atoms with Crippen molar-refractivity contribution in [3.8, 4) is 11.8 Å². The van der Waals surface area contributed by atoms with E-state index in [9.17, 15) is 9.59 Å². The molecule has 0 fully saturated rings. The Labute approximate surface area is 145 Å². The number of benzene rings is 2. The molecule has 0 unspecified atom stereocenters. The molecule has 2 rings (SSSR count).